The van der Waals surface area contributed by atoms with Crippen LogP contribution in [-0.4, -0.2) is 29.9 Å². The van der Waals surface area contributed by atoms with Crippen molar-refractivity contribution in [2.24, 2.45) is 0 Å². The molecule has 0 atom stereocenters. The molecule has 0 saturated carbocycles. The minimum Gasteiger partial charge on any atom is -0.244 e. The van der Waals surface area contributed by atoms with Crippen LogP contribution in [0.25, 0.3) is 238 Å². The fourth-order valence-corrected chi connectivity index (χ4v) is 21.3. The second-order valence-electron chi connectivity index (χ2n) is 31.4. The molecule has 0 aliphatic heterocycles. The van der Waals surface area contributed by atoms with Crippen molar-refractivity contribution in [1.29, 1.82) is 0 Å². The van der Waals surface area contributed by atoms with Crippen LogP contribution in [0.2, 0.25) is 0 Å². The summed E-state index contributed by atoms with van der Waals surface area (Å²) in [6.07, 6.45) is 0. The van der Waals surface area contributed by atoms with Crippen LogP contribution in [0.5, 0.6) is 0 Å². The van der Waals surface area contributed by atoms with E-state index < -0.39 is 0 Å². The van der Waals surface area contributed by atoms with Crippen LogP contribution in [0, 0.1) is 0 Å². The second-order valence-corrected chi connectivity index (χ2v) is 34.6. The van der Waals surface area contributed by atoms with Crippen molar-refractivity contribution in [3.63, 3.8) is 0 Å². The predicted molar refractivity (Wildman–Crippen MR) is 532 cm³/mol. The Balaban J connectivity index is 0.000000108. The Labute approximate surface area is 733 Å². The lowest BCUT2D eigenvalue weighted by molar-refractivity contribution is 1.29. The molecule has 0 fully saturated rings. The Morgan fingerprint density at radius 1 is 0.144 bits per heavy atom. The van der Waals surface area contributed by atoms with E-state index in [1.54, 1.807) is 0 Å². The van der Waals surface area contributed by atoms with Gasteiger partial charge in [0.25, 0.3) is 0 Å². The Kier molecular flexibility index (Phi) is 19.1. The van der Waals surface area contributed by atoms with Crippen molar-refractivity contribution in [2.45, 2.75) is 0 Å². The average molecular weight is 1650 g/mol. The maximum atomic E-state index is 5.18. The van der Waals surface area contributed by atoms with E-state index >= 15 is 0 Å². The number of para-hydroxylation sites is 6. The van der Waals surface area contributed by atoms with Crippen LogP contribution in [0.4, 0.5) is 0 Å². The summed E-state index contributed by atoms with van der Waals surface area (Å²) in [5.74, 6) is 0. The molecule has 0 saturated heterocycles. The molecule has 25 rings (SSSR count). The Hall–Kier alpha value is -15.6. The maximum Gasteiger partial charge on any atom is 0.0973 e. The van der Waals surface area contributed by atoms with Gasteiger partial charge in [0.05, 0.1) is 67.3 Å². The van der Waals surface area contributed by atoms with E-state index in [9.17, 15) is 0 Å². The van der Waals surface area contributed by atoms with E-state index in [1.165, 1.54) is 132 Å². The van der Waals surface area contributed by atoms with Gasteiger partial charge in [-0.25, -0.2) is 29.9 Å². The normalized spacial score (nSPS) is 11.5. The van der Waals surface area contributed by atoms with Gasteiger partial charge in [0.1, 0.15) is 0 Å². The molecule has 0 aliphatic rings. The highest BCUT2D eigenvalue weighted by Crippen LogP contribution is 2.46. The van der Waals surface area contributed by atoms with Gasteiger partial charge in [-0.05, 0) is 162 Å². The lowest BCUT2D eigenvalue weighted by Crippen LogP contribution is -1.95. The van der Waals surface area contributed by atoms with Crippen LogP contribution in [0.3, 0.4) is 0 Å². The zero-order valence-corrected chi connectivity index (χ0v) is 69.9. The molecule has 125 heavy (non-hydrogen) atoms. The van der Waals surface area contributed by atoms with Gasteiger partial charge in [-0.2, -0.15) is 0 Å². The average Bonchev–Trinajstić information content (AvgIpc) is 1.59. The number of thiophene rings is 3. The molecule has 19 aromatic carbocycles. The quantitative estimate of drug-likeness (QED) is 0.120. The molecule has 25 aromatic rings. The first-order valence-corrected chi connectivity index (χ1v) is 44.5. The number of fused-ring (bicyclic) bond motifs is 15. The summed E-state index contributed by atoms with van der Waals surface area (Å²) in [7, 11) is 0. The fraction of sp³-hybridized carbons (Fsp3) is 0. The SMILES string of the molecule is c1ccc(-c2ccc(-c3nc4ccccc4nc3-c3ccc(-c4cccc5c4sc4ccccc45)cc3)cc2)cc1.c1ccc(-c2nc3ccccc3nc2-c2cccc(-c3cccc(-c4cccc5sc6ccccc6c45)c3)c2)cc1.c1ccc2c(c1)ccc1cc(-c3nc4ccccc4nc3-c3ccc(-c4cccc5sc6ccccc6c45)cc3)ccc12. The van der Waals surface area contributed by atoms with Gasteiger partial charge in [-0.15, -0.1) is 34.0 Å². The monoisotopic (exact) mass is 1640 g/mol. The molecule has 0 aliphatic carbocycles. The Bertz CT molecular complexity index is 8470. The van der Waals surface area contributed by atoms with Gasteiger partial charge in [0.2, 0.25) is 0 Å². The van der Waals surface area contributed by atoms with E-state index in [0.717, 1.165) is 106 Å². The summed E-state index contributed by atoms with van der Waals surface area (Å²) in [6.45, 7) is 0. The number of nitrogens with zero attached hydrogens (tertiary/aromatic N) is 6. The molecule has 0 bridgehead atoms. The maximum absolute atomic E-state index is 5.18. The van der Waals surface area contributed by atoms with E-state index in [4.69, 9.17) is 29.9 Å². The minimum atomic E-state index is 0.891. The molecular formula is C116H72N6S3. The Morgan fingerprint density at radius 2 is 0.440 bits per heavy atom. The van der Waals surface area contributed by atoms with Crippen molar-refractivity contribution in [2.75, 3.05) is 0 Å². The molecule has 584 valence electrons. The first-order chi connectivity index (χ1) is 61.9. The molecular weight excluding hydrogens is 1570 g/mol. The highest BCUT2D eigenvalue weighted by atomic mass is 32.1. The van der Waals surface area contributed by atoms with Gasteiger partial charge in [0.15, 0.2) is 0 Å². The summed E-state index contributed by atoms with van der Waals surface area (Å²) in [5.41, 5.74) is 29.2. The summed E-state index contributed by atoms with van der Waals surface area (Å²) in [4.78, 5) is 30.8. The number of hydrogen-bond donors (Lipinski definition) is 0. The standard InChI is InChI=1S/C40H24N2S.2C38H24N2S/c1-2-9-30-25(8-1)18-21-28-24-29(22-23-31(28)30)40-39(41-34-12-4-5-13-35(34)42-40)27-19-16-26(17-20-27)32-11-7-15-37-38(32)33-10-3-6-14-36(33)43-37;1-2-11-25(12-3-1)37-38(40-33-20-6-5-19-32(33)39-37)29-16-9-14-27(24-29)26-13-8-15-28(23-26)30-18-10-22-35-36(30)31-17-4-7-21-34(31)41-35;1-2-9-25(10-3-1)26-17-21-28(22-18-26)36-37(40-34-15-6-5-14-33(34)39-36)29-23-19-27(20-24-29)30-12-8-13-32-31-11-4-7-16-35(31)41-38(30)32/h1-24H;2*1-24H. The topological polar surface area (TPSA) is 77.3 Å². The number of benzene rings is 19. The van der Waals surface area contributed by atoms with Gasteiger partial charge in [-0.3, -0.25) is 0 Å². The fourth-order valence-electron chi connectivity index (χ4n) is 17.7. The van der Waals surface area contributed by atoms with Crippen LogP contribution in [0.1, 0.15) is 0 Å². The van der Waals surface area contributed by atoms with E-state index in [1.807, 2.05) is 119 Å². The highest BCUT2D eigenvalue weighted by molar-refractivity contribution is 7.27. The zero-order valence-electron chi connectivity index (χ0n) is 67.5. The van der Waals surface area contributed by atoms with Gasteiger partial charge < -0.3 is 0 Å². The molecule has 0 amide bonds. The Morgan fingerprint density at radius 3 is 0.960 bits per heavy atom. The third-order valence-corrected chi connectivity index (χ3v) is 27.3. The van der Waals surface area contributed by atoms with Crippen LogP contribution in [-0.2, 0) is 0 Å². The number of rotatable bonds is 11. The molecule has 6 aromatic heterocycles. The van der Waals surface area contributed by atoms with Crippen molar-refractivity contribution in [1.82, 2.24) is 29.9 Å². The molecule has 0 radical (unpaired) electrons. The molecule has 0 unspecified atom stereocenters. The van der Waals surface area contributed by atoms with E-state index in [0.29, 0.717) is 0 Å². The molecule has 0 N–H and O–H groups in total. The van der Waals surface area contributed by atoms with Crippen LogP contribution >= 0.6 is 34.0 Å². The predicted octanol–water partition coefficient (Wildman–Crippen LogP) is 32.6. The first-order valence-electron chi connectivity index (χ1n) is 42.0. The highest BCUT2D eigenvalue weighted by Gasteiger charge is 2.22. The van der Waals surface area contributed by atoms with Gasteiger partial charge >= 0.3 is 0 Å². The summed E-state index contributed by atoms with van der Waals surface area (Å²) < 4.78 is 7.92. The smallest absolute Gasteiger partial charge is 0.0973 e. The lowest BCUT2D eigenvalue weighted by atomic mass is 9.94. The number of aromatic nitrogens is 6. The summed E-state index contributed by atoms with van der Waals surface area (Å²) in [6, 6.07) is 154. The molecule has 9 heteroatoms. The summed E-state index contributed by atoms with van der Waals surface area (Å²) >= 11 is 5.57. The van der Waals surface area contributed by atoms with Crippen molar-refractivity contribution >= 4 is 149 Å². The van der Waals surface area contributed by atoms with E-state index in [-0.39, 0.29) is 0 Å². The molecule has 6 nitrogen and oxygen atoms in total. The lowest BCUT2D eigenvalue weighted by Gasteiger charge is -2.13. The van der Waals surface area contributed by atoms with Crippen molar-refractivity contribution in [3.8, 4) is 123 Å². The molecule has 6 heterocycles. The van der Waals surface area contributed by atoms with Crippen LogP contribution in [0.15, 0.2) is 437 Å². The van der Waals surface area contributed by atoms with Crippen molar-refractivity contribution in [3.05, 3.63) is 437 Å². The summed E-state index contributed by atoms with van der Waals surface area (Å²) in [5, 5.41) is 12.9. The second kappa shape index (κ2) is 32.1. The minimum absolute atomic E-state index is 0.891. The number of hydrogen-bond acceptors (Lipinski definition) is 9. The van der Waals surface area contributed by atoms with E-state index in [2.05, 4.69) is 352 Å². The third-order valence-electron chi connectivity index (χ3n) is 23.8. The molecule has 0 spiro atoms. The third kappa shape index (κ3) is 14.1. The van der Waals surface area contributed by atoms with Gasteiger partial charge in [0, 0.05) is 93.9 Å². The van der Waals surface area contributed by atoms with Gasteiger partial charge in [-0.1, -0.05) is 352 Å². The zero-order chi connectivity index (χ0) is 82.7. The first kappa shape index (κ1) is 74.4. The largest absolute Gasteiger partial charge is 0.244 e. The van der Waals surface area contributed by atoms with Crippen molar-refractivity contribution < 1.29 is 0 Å². The van der Waals surface area contributed by atoms with Crippen LogP contribution < -0.4 is 0 Å².